The Hall–Kier alpha value is -1.68. The zero-order chi connectivity index (χ0) is 16.1. The maximum absolute atomic E-state index is 12.7. The standard InChI is InChI=1S/C18H27N3O/c1-5-15(19-12-11-13(3)4)17-20-16-10-8-7-9-14(16)18(22)21(17)6-2/h7-10,13,15,19H,5-6,11-12H2,1-4H3/p+1/t15-/m0/s1. The lowest BCUT2D eigenvalue weighted by molar-refractivity contribution is -0.698. The molecule has 1 heterocycles. The molecule has 4 heteroatoms. The highest BCUT2D eigenvalue weighted by Crippen LogP contribution is 2.14. The fourth-order valence-electron chi connectivity index (χ4n) is 2.86. The molecule has 0 saturated carbocycles. The Labute approximate surface area is 132 Å². The van der Waals surface area contributed by atoms with E-state index in [2.05, 4.69) is 26.1 Å². The van der Waals surface area contributed by atoms with E-state index in [-0.39, 0.29) is 11.6 Å². The van der Waals surface area contributed by atoms with E-state index in [1.165, 1.54) is 6.42 Å². The number of nitrogens with zero attached hydrogens (tertiary/aromatic N) is 2. The predicted octanol–water partition coefficient (Wildman–Crippen LogP) is 2.48. The van der Waals surface area contributed by atoms with E-state index in [1.807, 2.05) is 35.8 Å². The molecule has 2 N–H and O–H groups in total. The lowest BCUT2D eigenvalue weighted by atomic mass is 10.1. The van der Waals surface area contributed by atoms with Gasteiger partial charge in [-0.25, -0.2) is 4.98 Å². The number of rotatable bonds is 7. The molecule has 1 aromatic heterocycles. The van der Waals surface area contributed by atoms with E-state index in [0.29, 0.717) is 17.8 Å². The van der Waals surface area contributed by atoms with Crippen molar-refractivity contribution in [3.05, 3.63) is 40.4 Å². The number of hydrogen-bond acceptors (Lipinski definition) is 2. The second kappa shape index (κ2) is 7.54. The first-order valence-electron chi connectivity index (χ1n) is 8.41. The van der Waals surface area contributed by atoms with Crippen LogP contribution < -0.4 is 10.9 Å². The molecular weight excluding hydrogens is 274 g/mol. The van der Waals surface area contributed by atoms with E-state index in [1.54, 1.807) is 0 Å². The fourth-order valence-corrected chi connectivity index (χ4v) is 2.86. The first-order chi connectivity index (χ1) is 10.6. The SMILES string of the molecule is CC[C@H]([NH2+]CCC(C)C)c1nc2ccccc2c(=O)n1CC. The van der Waals surface area contributed by atoms with Crippen molar-refractivity contribution in [2.45, 2.75) is 53.1 Å². The van der Waals surface area contributed by atoms with Gasteiger partial charge in [-0.15, -0.1) is 0 Å². The third-order valence-electron chi connectivity index (χ3n) is 4.17. The Morgan fingerprint density at radius 1 is 1.23 bits per heavy atom. The van der Waals surface area contributed by atoms with Gasteiger partial charge in [-0.3, -0.25) is 9.36 Å². The Morgan fingerprint density at radius 3 is 2.59 bits per heavy atom. The summed E-state index contributed by atoms with van der Waals surface area (Å²) in [6.07, 6.45) is 2.16. The second-order valence-corrected chi connectivity index (χ2v) is 6.26. The van der Waals surface area contributed by atoms with E-state index >= 15 is 0 Å². The summed E-state index contributed by atoms with van der Waals surface area (Å²) in [5.41, 5.74) is 0.890. The van der Waals surface area contributed by atoms with Gasteiger partial charge in [0.1, 0.15) is 6.04 Å². The van der Waals surface area contributed by atoms with Crippen molar-refractivity contribution in [2.75, 3.05) is 6.54 Å². The number of nitrogens with two attached hydrogens (primary N) is 1. The molecule has 0 aliphatic heterocycles. The summed E-state index contributed by atoms with van der Waals surface area (Å²) in [5.74, 6) is 1.61. The summed E-state index contributed by atoms with van der Waals surface area (Å²) < 4.78 is 1.84. The number of quaternary nitrogens is 1. The normalized spacial score (nSPS) is 13.0. The minimum Gasteiger partial charge on any atom is -0.338 e. The van der Waals surface area contributed by atoms with E-state index < -0.39 is 0 Å². The zero-order valence-corrected chi connectivity index (χ0v) is 14.2. The van der Waals surface area contributed by atoms with Gasteiger partial charge >= 0.3 is 0 Å². The molecule has 120 valence electrons. The lowest BCUT2D eigenvalue weighted by Gasteiger charge is -2.18. The van der Waals surface area contributed by atoms with E-state index in [4.69, 9.17) is 4.98 Å². The predicted molar refractivity (Wildman–Crippen MR) is 91.0 cm³/mol. The van der Waals surface area contributed by atoms with Crippen LogP contribution >= 0.6 is 0 Å². The zero-order valence-electron chi connectivity index (χ0n) is 14.2. The average molecular weight is 302 g/mol. The second-order valence-electron chi connectivity index (χ2n) is 6.26. The quantitative estimate of drug-likeness (QED) is 0.854. The molecule has 0 radical (unpaired) electrons. The Kier molecular flexibility index (Phi) is 5.72. The van der Waals surface area contributed by atoms with Crippen LogP contribution in [0.5, 0.6) is 0 Å². The summed E-state index contributed by atoms with van der Waals surface area (Å²) >= 11 is 0. The summed E-state index contributed by atoms with van der Waals surface area (Å²) in [6.45, 7) is 10.4. The van der Waals surface area contributed by atoms with Crippen LogP contribution in [0.4, 0.5) is 0 Å². The van der Waals surface area contributed by atoms with Gasteiger partial charge in [-0.05, 0) is 31.4 Å². The Balaban J connectivity index is 2.41. The third-order valence-corrected chi connectivity index (χ3v) is 4.17. The van der Waals surface area contributed by atoms with Crippen molar-refractivity contribution in [1.82, 2.24) is 9.55 Å². The summed E-state index contributed by atoms with van der Waals surface area (Å²) in [4.78, 5) is 17.5. The van der Waals surface area contributed by atoms with Crippen LogP contribution in [0.25, 0.3) is 10.9 Å². The molecule has 0 unspecified atom stereocenters. The van der Waals surface area contributed by atoms with Gasteiger partial charge in [-0.1, -0.05) is 32.9 Å². The lowest BCUT2D eigenvalue weighted by Crippen LogP contribution is -2.85. The van der Waals surface area contributed by atoms with Gasteiger partial charge in [0.25, 0.3) is 5.56 Å². The minimum atomic E-state index is 0.0822. The molecule has 2 aromatic rings. The summed E-state index contributed by atoms with van der Waals surface area (Å²) in [7, 11) is 0. The molecule has 1 aromatic carbocycles. The molecule has 0 aliphatic rings. The van der Waals surface area contributed by atoms with Crippen molar-refractivity contribution in [3.63, 3.8) is 0 Å². The van der Waals surface area contributed by atoms with E-state index in [0.717, 1.165) is 24.3 Å². The topological polar surface area (TPSA) is 51.5 Å². The van der Waals surface area contributed by atoms with Crippen LogP contribution in [0.1, 0.15) is 52.4 Å². The van der Waals surface area contributed by atoms with Crippen LogP contribution in [0.3, 0.4) is 0 Å². The average Bonchev–Trinajstić information content (AvgIpc) is 2.51. The minimum absolute atomic E-state index is 0.0822. The van der Waals surface area contributed by atoms with Crippen molar-refractivity contribution in [2.24, 2.45) is 5.92 Å². The van der Waals surface area contributed by atoms with E-state index in [9.17, 15) is 4.79 Å². The van der Waals surface area contributed by atoms with Gasteiger partial charge in [-0.2, -0.15) is 0 Å². The number of fused-ring (bicyclic) bond motifs is 1. The summed E-state index contributed by atoms with van der Waals surface area (Å²) in [5, 5.41) is 3.05. The molecule has 0 aliphatic carbocycles. The Bertz CT molecular complexity index is 676. The highest BCUT2D eigenvalue weighted by molar-refractivity contribution is 5.77. The first-order valence-corrected chi connectivity index (χ1v) is 8.41. The number of hydrogen-bond donors (Lipinski definition) is 1. The van der Waals surface area contributed by atoms with Crippen molar-refractivity contribution >= 4 is 10.9 Å². The fraction of sp³-hybridized carbons (Fsp3) is 0.556. The molecule has 1 atom stereocenters. The Morgan fingerprint density at radius 2 is 1.95 bits per heavy atom. The third kappa shape index (κ3) is 3.55. The molecule has 0 fully saturated rings. The van der Waals surface area contributed by atoms with Gasteiger partial charge in [0, 0.05) is 13.0 Å². The number of aromatic nitrogens is 2. The van der Waals surface area contributed by atoms with Gasteiger partial charge < -0.3 is 5.32 Å². The first kappa shape index (κ1) is 16.7. The van der Waals surface area contributed by atoms with Crippen molar-refractivity contribution < 1.29 is 5.32 Å². The highest BCUT2D eigenvalue weighted by Gasteiger charge is 2.20. The maximum atomic E-state index is 12.7. The van der Waals surface area contributed by atoms with Crippen LogP contribution in [-0.4, -0.2) is 16.1 Å². The van der Waals surface area contributed by atoms with Crippen molar-refractivity contribution in [1.29, 1.82) is 0 Å². The molecular formula is C18H28N3O+. The molecule has 22 heavy (non-hydrogen) atoms. The van der Waals surface area contributed by atoms with Crippen LogP contribution in [0, 0.1) is 5.92 Å². The summed E-state index contributed by atoms with van der Waals surface area (Å²) in [6, 6.07) is 7.89. The number of para-hydroxylation sites is 1. The molecule has 0 amide bonds. The molecule has 2 rings (SSSR count). The monoisotopic (exact) mass is 302 g/mol. The van der Waals surface area contributed by atoms with Gasteiger partial charge in [0.2, 0.25) is 0 Å². The molecule has 0 bridgehead atoms. The van der Waals surface area contributed by atoms with Crippen LogP contribution in [-0.2, 0) is 6.54 Å². The van der Waals surface area contributed by atoms with Crippen molar-refractivity contribution in [3.8, 4) is 0 Å². The van der Waals surface area contributed by atoms with Crippen LogP contribution in [0.15, 0.2) is 29.1 Å². The van der Waals surface area contributed by atoms with Gasteiger partial charge in [0.15, 0.2) is 5.82 Å². The molecule has 0 saturated heterocycles. The highest BCUT2D eigenvalue weighted by atomic mass is 16.1. The van der Waals surface area contributed by atoms with Gasteiger partial charge in [0.05, 0.1) is 17.4 Å². The smallest absolute Gasteiger partial charge is 0.261 e. The number of benzene rings is 1. The van der Waals surface area contributed by atoms with Crippen LogP contribution in [0.2, 0.25) is 0 Å². The molecule has 4 nitrogen and oxygen atoms in total. The molecule has 0 spiro atoms. The largest absolute Gasteiger partial charge is 0.338 e. The maximum Gasteiger partial charge on any atom is 0.261 e.